The van der Waals surface area contributed by atoms with Crippen molar-refractivity contribution in [1.29, 1.82) is 0 Å². The molecule has 134 valence electrons. The lowest BCUT2D eigenvalue weighted by Gasteiger charge is -2.36. The number of carbonyl (C=O) groups is 1. The number of nitrogens with zero attached hydrogens (tertiary/aromatic N) is 2. The molecule has 2 aliphatic rings. The van der Waals surface area contributed by atoms with Crippen LogP contribution in [-0.4, -0.2) is 61.5 Å². The minimum absolute atomic E-state index is 0.0316. The van der Waals surface area contributed by atoms with Crippen molar-refractivity contribution in [2.24, 2.45) is 11.8 Å². The predicted octanol–water partition coefficient (Wildman–Crippen LogP) is 2.73. The molecular weight excluding hydrogens is 286 g/mol. The lowest BCUT2D eigenvalue weighted by atomic mass is 9.87. The van der Waals surface area contributed by atoms with Crippen molar-refractivity contribution in [1.82, 2.24) is 15.1 Å². The molecular formula is C19H37N3O. The Kier molecular flexibility index (Phi) is 7.35. The van der Waals surface area contributed by atoms with Crippen LogP contribution in [0.3, 0.4) is 0 Å². The zero-order valence-corrected chi connectivity index (χ0v) is 15.7. The summed E-state index contributed by atoms with van der Waals surface area (Å²) in [5.41, 5.74) is 0. The van der Waals surface area contributed by atoms with Crippen molar-refractivity contribution < 1.29 is 4.79 Å². The van der Waals surface area contributed by atoms with Crippen molar-refractivity contribution in [2.45, 2.75) is 70.9 Å². The van der Waals surface area contributed by atoms with Gasteiger partial charge in [0.1, 0.15) is 0 Å². The van der Waals surface area contributed by atoms with E-state index in [1.807, 2.05) is 0 Å². The molecule has 1 saturated heterocycles. The summed E-state index contributed by atoms with van der Waals surface area (Å²) in [6, 6.07) is 0.447. The normalized spacial score (nSPS) is 28.7. The third kappa shape index (κ3) is 6.07. The van der Waals surface area contributed by atoms with Crippen molar-refractivity contribution >= 4 is 5.91 Å². The van der Waals surface area contributed by atoms with Crippen LogP contribution in [0.15, 0.2) is 0 Å². The maximum Gasteiger partial charge on any atom is 0.237 e. The number of rotatable bonds is 6. The van der Waals surface area contributed by atoms with Crippen molar-refractivity contribution in [3.8, 4) is 0 Å². The first-order valence-electron chi connectivity index (χ1n) is 9.65. The van der Waals surface area contributed by atoms with E-state index in [2.05, 4.69) is 43.1 Å². The lowest BCUT2D eigenvalue weighted by Crippen LogP contribution is -2.51. The number of hydrogen-bond donors (Lipinski definition) is 1. The lowest BCUT2D eigenvalue weighted by molar-refractivity contribution is -0.127. The Morgan fingerprint density at radius 3 is 2.30 bits per heavy atom. The monoisotopic (exact) mass is 323 g/mol. The fraction of sp³-hybridized carbons (Fsp3) is 0.947. The van der Waals surface area contributed by atoms with E-state index in [4.69, 9.17) is 0 Å². The van der Waals surface area contributed by atoms with Crippen LogP contribution in [0.5, 0.6) is 0 Å². The Bertz CT molecular complexity index is 356. The molecule has 2 rings (SSSR count). The number of likely N-dealkylation sites (tertiary alicyclic amines) is 1. The standard InChI is InChI=1S/C19H37N3O/c1-15-5-7-18(8-6-15)20-19(23)16(2)22-13-10-17(11-14-22)9-12-21(3)4/h15-18H,5-14H2,1-4H3,(H,20,23). The summed E-state index contributed by atoms with van der Waals surface area (Å²) in [6.45, 7) is 7.74. The number of piperidine rings is 1. The highest BCUT2D eigenvalue weighted by Crippen LogP contribution is 2.24. The van der Waals surface area contributed by atoms with Crippen molar-refractivity contribution in [2.75, 3.05) is 33.7 Å². The van der Waals surface area contributed by atoms with Gasteiger partial charge in [0.2, 0.25) is 5.91 Å². The Morgan fingerprint density at radius 2 is 1.74 bits per heavy atom. The van der Waals surface area contributed by atoms with Gasteiger partial charge in [0, 0.05) is 6.04 Å². The van der Waals surface area contributed by atoms with Crippen LogP contribution >= 0.6 is 0 Å². The van der Waals surface area contributed by atoms with Gasteiger partial charge in [-0.05, 0) is 97.4 Å². The molecule has 1 aliphatic heterocycles. The van der Waals surface area contributed by atoms with E-state index in [0.29, 0.717) is 6.04 Å². The Labute approximate surface area is 143 Å². The average Bonchev–Trinajstić information content (AvgIpc) is 2.55. The molecule has 1 heterocycles. The van der Waals surface area contributed by atoms with E-state index in [1.165, 1.54) is 38.6 Å². The Hall–Kier alpha value is -0.610. The fourth-order valence-electron chi connectivity index (χ4n) is 3.96. The molecule has 4 nitrogen and oxygen atoms in total. The highest BCUT2D eigenvalue weighted by atomic mass is 16.2. The van der Waals surface area contributed by atoms with Gasteiger partial charge >= 0.3 is 0 Å². The van der Waals surface area contributed by atoms with Gasteiger partial charge in [-0.3, -0.25) is 9.69 Å². The van der Waals surface area contributed by atoms with Crippen LogP contribution in [0.2, 0.25) is 0 Å². The van der Waals surface area contributed by atoms with Gasteiger partial charge in [0.15, 0.2) is 0 Å². The molecule has 0 aromatic heterocycles. The van der Waals surface area contributed by atoms with Gasteiger partial charge in [0.25, 0.3) is 0 Å². The second-order valence-electron chi connectivity index (χ2n) is 8.21. The smallest absolute Gasteiger partial charge is 0.237 e. The van der Waals surface area contributed by atoms with Gasteiger partial charge < -0.3 is 10.2 Å². The first-order valence-corrected chi connectivity index (χ1v) is 9.65. The first kappa shape index (κ1) is 18.7. The largest absolute Gasteiger partial charge is 0.352 e. The highest BCUT2D eigenvalue weighted by Gasteiger charge is 2.28. The van der Waals surface area contributed by atoms with Crippen molar-refractivity contribution in [3.63, 3.8) is 0 Å². The summed E-state index contributed by atoms with van der Waals surface area (Å²) >= 11 is 0. The maximum atomic E-state index is 12.5. The molecule has 1 amide bonds. The summed E-state index contributed by atoms with van der Waals surface area (Å²) in [4.78, 5) is 17.2. The molecule has 1 N–H and O–H groups in total. The molecule has 0 radical (unpaired) electrons. The molecule has 0 aromatic carbocycles. The van der Waals surface area contributed by atoms with Crippen LogP contribution in [-0.2, 0) is 4.79 Å². The van der Waals surface area contributed by atoms with E-state index >= 15 is 0 Å². The van der Waals surface area contributed by atoms with Crippen molar-refractivity contribution in [3.05, 3.63) is 0 Å². The van der Waals surface area contributed by atoms with Gasteiger partial charge in [-0.15, -0.1) is 0 Å². The van der Waals surface area contributed by atoms with E-state index in [0.717, 1.165) is 37.8 Å². The Morgan fingerprint density at radius 1 is 1.13 bits per heavy atom. The topological polar surface area (TPSA) is 35.6 Å². The van der Waals surface area contributed by atoms with Crippen LogP contribution in [0.4, 0.5) is 0 Å². The average molecular weight is 324 g/mol. The minimum atomic E-state index is 0.0316. The zero-order valence-electron chi connectivity index (χ0n) is 15.7. The zero-order chi connectivity index (χ0) is 16.8. The molecule has 1 saturated carbocycles. The second kappa shape index (κ2) is 9.03. The Balaban J connectivity index is 1.69. The molecule has 1 atom stereocenters. The van der Waals surface area contributed by atoms with Crippen LogP contribution in [0.25, 0.3) is 0 Å². The fourth-order valence-corrected chi connectivity index (χ4v) is 3.96. The number of hydrogen-bond acceptors (Lipinski definition) is 3. The summed E-state index contributed by atoms with van der Waals surface area (Å²) in [7, 11) is 4.29. The van der Waals surface area contributed by atoms with E-state index in [9.17, 15) is 4.79 Å². The molecule has 1 aliphatic carbocycles. The van der Waals surface area contributed by atoms with E-state index < -0.39 is 0 Å². The third-order valence-electron chi connectivity index (χ3n) is 5.92. The molecule has 4 heteroatoms. The number of carbonyl (C=O) groups excluding carboxylic acids is 1. The summed E-state index contributed by atoms with van der Waals surface area (Å²) in [5, 5.41) is 3.30. The molecule has 23 heavy (non-hydrogen) atoms. The summed E-state index contributed by atoms with van der Waals surface area (Å²) < 4.78 is 0. The maximum absolute atomic E-state index is 12.5. The number of amides is 1. The highest BCUT2D eigenvalue weighted by molar-refractivity contribution is 5.81. The second-order valence-corrected chi connectivity index (χ2v) is 8.21. The quantitative estimate of drug-likeness (QED) is 0.816. The van der Waals surface area contributed by atoms with Crippen LogP contribution in [0, 0.1) is 11.8 Å². The first-order chi connectivity index (χ1) is 11.0. The molecule has 0 spiro atoms. The van der Waals surface area contributed by atoms with Gasteiger partial charge in [-0.25, -0.2) is 0 Å². The molecule has 0 bridgehead atoms. The predicted molar refractivity (Wildman–Crippen MR) is 96.5 cm³/mol. The van der Waals surface area contributed by atoms with E-state index in [-0.39, 0.29) is 11.9 Å². The van der Waals surface area contributed by atoms with Gasteiger partial charge in [-0.1, -0.05) is 6.92 Å². The molecule has 1 unspecified atom stereocenters. The van der Waals surface area contributed by atoms with E-state index in [1.54, 1.807) is 0 Å². The SMILES string of the molecule is CC1CCC(NC(=O)C(C)N2CCC(CCN(C)C)CC2)CC1. The van der Waals surface area contributed by atoms with Gasteiger partial charge in [0.05, 0.1) is 6.04 Å². The third-order valence-corrected chi connectivity index (χ3v) is 5.92. The molecule has 2 fully saturated rings. The summed E-state index contributed by atoms with van der Waals surface area (Å²) in [5.74, 6) is 1.92. The van der Waals surface area contributed by atoms with Gasteiger partial charge in [-0.2, -0.15) is 0 Å². The number of nitrogens with one attached hydrogen (secondary N) is 1. The molecule has 0 aromatic rings. The minimum Gasteiger partial charge on any atom is -0.352 e. The van der Waals surface area contributed by atoms with Crippen LogP contribution in [0.1, 0.15) is 58.8 Å². The summed E-state index contributed by atoms with van der Waals surface area (Å²) in [6.07, 6.45) is 8.62. The van der Waals surface area contributed by atoms with Crippen LogP contribution < -0.4 is 5.32 Å².